The van der Waals surface area contributed by atoms with E-state index in [1.807, 2.05) is 0 Å². The number of hydrogen-bond acceptors (Lipinski definition) is 8. The van der Waals surface area contributed by atoms with Gasteiger partial charge in [-0.2, -0.15) is 4.98 Å². The maximum absolute atomic E-state index is 11.8. The molecule has 10 nitrogen and oxygen atoms in total. The first-order valence-corrected chi connectivity index (χ1v) is 7.32. The van der Waals surface area contributed by atoms with E-state index in [0.29, 0.717) is 28.9 Å². The molecular formula is C11H12N8O2S. The minimum atomic E-state index is -0.187. The van der Waals surface area contributed by atoms with Gasteiger partial charge in [-0.1, -0.05) is 11.8 Å². The van der Waals surface area contributed by atoms with Crippen LogP contribution in [0.3, 0.4) is 0 Å². The summed E-state index contributed by atoms with van der Waals surface area (Å²) >= 11 is 1.40. The van der Waals surface area contributed by atoms with Crippen molar-refractivity contribution in [2.24, 2.45) is 7.05 Å². The molecule has 3 aromatic heterocycles. The van der Waals surface area contributed by atoms with Crippen LogP contribution in [0.1, 0.15) is 6.42 Å². The molecule has 0 spiro atoms. The molecule has 0 aromatic carbocycles. The number of anilines is 1. The second-order valence-corrected chi connectivity index (χ2v) is 5.28. The number of nitrogens with zero attached hydrogens (tertiary/aromatic N) is 6. The minimum absolute atomic E-state index is 0.187. The predicted octanol–water partition coefficient (Wildman–Crippen LogP) is 0.709. The number of nitrogens with one attached hydrogen (secondary N) is 2. The molecule has 0 radical (unpaired) electrons. The van der Waals surface area contributed by atoms with Gasteiger partial charge in [0.2, 0.25) is 17.0 Å². The number of carbonyl (C=O) groups is 1. The van der Waals surface area contributed by atoms with Crippen molar-refractivity contribution in [2.75, 3.05) is 11.1 Å². The Balaban J connectivity index is 1.49. The smallest absolute Gasteiger partial charge is 0.249 e. The number of furan rings is 1. The van der Waals surface area contributed by atoms with Crippen molar-refractivity contribution in [2.45, 2.75) is 11.6 Å². The van der Waals surface area contributed by atoms with Crippen molar-refractivity contribution in [1.82, 2.24) is 35.4 Å². The molecule has 114 valence electrons. The first-order chi connectivity index (χ1) is 10.7. The van der Waals surface area contributed by atoms with E-state index in [0.717, 1.165) is 0 Å². The molecule has 0 fully saturated rings. The van der Waals surface area contributed by atoms with Crippen molar-refractivity contribution in [3.8, 4) is 11.6 Å². The number of thioether (sulfide) groups is 1. The lowest BCUT2D eigenvalue weighted by Gasteiger charge is -2.00. The Kier molecular flexibility index (Phi) is 4.14. The van der Waals surface area contributed by atoms with Crippen LogP contribution in [-0.4, -0.2) is 47.0 Å². The van der Waals surface area contributed by atoms with E-state index in [-0.39, 0.29) is 11.9 Å². The van der Waals surface area contributed by atoms with Crippen molar-refractivity contribution >= 4 is 23.6 Å². The number of aryl methyl sites for hydroxylation is 1. The summed E-state index contributed by atoms with van der Waals surface area (Å²) in [6.45, 7) is 0. The molecule has 2 N–H and O–H groups in total. The highest BCUT2D eigenvalue weighted by molar-refractivity contribution is 7.99. The second kappa shape index (κ2) is 6.39. The van der Waals surface area contributed by atoms with E-state index >= 15 is 0 Å². The second-order valence-electron chi connectivity index (χ2n) is 4.22. The molecule has 22 heavy (non-hydrogen) atoms. The summed E-state index contributed by atoms with van der Waals surface area (Å²) in [5.74, 6) is 1.59. The largest absolute Gasteiger partial charge is 0.461 e. The maximum Gasteiger partial charge on any atom is 0.249 e. The third-order valence-electron chi connectivity index (χ3n) is 2.63. The summed E-state index contributed by atoms with van der Waals surface area (Å²) in [7, 11) is 1.74. The van der Waals surface area contributed by atoms with Crippen LogP contribution >= 0.6 is 11.8 Å². The molecule has 0 atom stereocenters. The first-order valence-electron chi connectivity index (χ1n) is 6.33. The SMILES string of the molecule is Cn1nnnc1SCCC(=O)Nc1n[nH]c(-c2ccco2)n1. The number of carbonyl (C=O) groups excluding carboxylic acids is 1. The van der Waals surface area contributed by atoms with Crippen molar-refractivity contribution < 1.29 is 9.21 Å². The van der Waals surface area contributed by atoms with Gasteiger partial charge in [0.05, 0.1) is 6.26 Å². The molecule has 0 saturated heterocycles. The highest BCUT2D eigenvalue weighted by atomic mass is 32.2. The Morgan fingerprint density at radius 3 is 3.18 bits per heavy atom. The zero-order valence-corrected chi connectivity index (χ0v) is 12.4. The number of rotatable bonds is 6. The fraction of sp³-hybridized carbons (Fsp3) is 0.273. The van der Waals surface area contributed by atoms with Crippen LogP contribution in [-0.2, 0) is 11.8 Å². The van der Waals surface area contributed by atoms with Crippen LogP contribution in [0.5, 0.6) is 0 Å². The molecule has 1 amide bonds. The quantitative estimate of drug-likeness (QED) is 0.636. The molecule has 3 heterocycles. The summed E-state index contributed by atoms with van der Waals surface area (Å²) in [5, 5.41) is 20.9. The lowest BCUT2D eigenvalue weighted by Crippen LogP contribution is -2.13. The van der Waals surface area contributed by atoms with Gasteiger partial charge in [0.1, 0.15) is 0 Å². The summed E-state index contributed by atoms with van der Waals surface area (Å²) < 4.78 is 6.73. The zero-order chi connectivity index (χ0) is 15.4. The van der Waals surface area contributed by atoms with Gasteiger partial charge in [-0.25, -0.2) is 4.68 Å². The Bertz CT molecular complexity index is 750. The predicted molar refractivity (Wildman–Crippen MR) is 76.9 cm³/mol. The summed E-state index contributed by atoms with van der Waals surface area (Å²) in [6, 6.07) is 3.49. The van der Waals surface area contributed by atoms with E-state index in [1.54, 1.807) is 23.9 Å². The molecule has 0 unspecified atom stereocenters. The molecule has 11 heteroatoms. The fourth-order valence-electron chi connectivity index (χ4n) is 1.61. The summed E-state index contributed by atoms with van der Waals surface area (Å²) in [4.78, 5) is 16.0. The Morgan fingerprint density at radius 1 is 1.55 bits per heavy atom. The third-order valence-corrected chi connectivity index (χ3v) is 3.65. The molecule has 0 aliphatic rings. The number of tetrazole rings is 1. The number of H-pyrrole nitrogens is 1. The zero-order valence-electron chi connectivity index (χ0n) is 11.6. The van der Waals surface area contributed by atoms with Crippen LogP contribution < -0.4 is 5.32 Å². The van der Waals surface area contributed by atoms with Gasteiger partial charge in [-0.3, -0.25) is 15.2 Å². The average Bonchev–Trinajstić information content (AvgIpc) is 3.21. The summed E-state index contributed by atoms with van der Waals surface area (Å²) in [5.41, 5.74) is 0. The van der Waals surface area contributed by atoms with Crippen LogP contribution in [0.25, 0.3) is 11.6 Å². The van der Waals surface area contributed by atoms with E-state index in [2.05, 4.69) is 36.0 Å². The van der Waals surface area contributed by atoms with Gasteiger partial charge in [0, 0.05) is 19.2 Å². The van der Waals surface area contributed by atoms with Crippen molar-refractivity contribution in [3.63, 3.8) is 0 Å². The Morgan fingerprint density at radius 2 is 2.45 bits per heavy atom. The van der Waals surface area contributed by atoms with Gasteiger partial charge in [-0.15, -0.1) is 10.2 Å². The monoisotopic (exact) mass is 320 g/mol. The molecular weight excluding hydrogens is 308 g/mol. The number of hydrogen-bond donors (Lipinski definition) is 2. The molecule has 0 aliphatic carbocycles. The highest BCUT2D eigenvalue weighted by Gasteiger charge is 2.11. The molecule has 0 saturated carbocycles. The Labute approximate surface area is 128 Å². The van der Waals surface area contributed by atoms with Crippen LogP contribution in [0, 0.1) is 0 Å². The van der Waals surface area contributed by atoms with Crippen molar-refractivity contribution in [3.05, 3.63) is 18.4 Å². The third kappa shape index (κ3) is 3.31. The molecule has 0 bridgehead atoms. The Hall–Kier alpha value is -2.69. The van der Waals surface area contributed by atoms with E-state index < -0.39 is 0 Å². The number of aromatic amines is 1. The van der Waals surface area contributed by atoms with Gasteiger partial charge in [0.25, 0.3) is 0 Å². The van der Waals surface area contributed by atoms with E-state index in [4.69, 9.17) is 4.42 Å². The maximum atomic E-state index is 11.8. The molecule has 3 rings (SSSR count). The normalized spacial score (nSPS) is 10.8. The summed E-state index contributed by atoms with van der Waals surface area (Å²) in [6.07, 6.45) is 1.83. The lowest BCUT2D eigenvalue weighted by molar-refractivity contribution is -0.115. The van der Waals surface area contributed by atoms with Gasteiger partial charge >= 0.3 is 0 Å². The topological polar surface area (TPSA) is 127 Å². The van der Waals surface area contributed by atoms with E-state index in [1.165, 1.54) is 18.0 Å². The van der Waals surface area contributed by atoms with E-state index in [9.17, 15) is 4.79 Å². The number of amides is 1. The van der Waals surface area contributed by atoms with Crippen LogP contribution in [0.15, 0.2) is 28.0 Å². The fourth-order valence-corrected chi connectivity index (χ4v) is 2.39. The molecule has 3 aromatic rings. The van der Waals surface area contributed by atoms with Gasteiger partial charge < -0.3 is 4.42 Å². The van der Waals surface area contributed by atoms with Gasteiger partial charge in [-0.05, 0) is 22.6 Å². The van der Waals surface area contributed by atoms with Crippen LogP contribution in [0.2, 0.25) is 0 Å². The minimum Gasteiger partial charge on any atom is -0.461 e. The lowest BCUT2D eigenvalue weighted by atomic mass is 10.4. The average molecular weight is 320 g/mol. The van der Waals surface area contributed by atoms with Gasteiger partial charge in [0.15, 0.2) is 11.6 Å². The first kappa shape index (κ1) is 14.3. The molecule has 0 aliphatic heterocycles. The van der Waals surface area contributed by atoms with Crippen molar-refractivity contribution in [1.29, 1.82) is 0 Å². The standard InChI is InChI=1S/C11H12N8O2S/c1-19-11(16-17-18-19)22-6-4-8(20)12-10-13-9(14-15-10)7-3-2-5-21-7/h2-3,5H,4,6H2,1H3,(H2,12,13,14,15,20). The van der Waals surface area contributed by atoms with Crippen LogP contribution in [0.4, 0.5) is 5.95 Å². The highest BCUT2D eigenvalue weighted by Crippen LogP contribution is 2.16. The number of aromatic nitrogens is 7.